The lowest BCUT2D eigenvalue weighted by Crippen LogP contribution is -2.32. The van der Waals surface area contributed by atoms with Crippen molar-refractivity contribution < 1.29 is 4.74 Å². The number of hydrogen-bond acceptors (Lipinski definition) is 9. The highest BCUT2D eigenvalue weighted by Crippen LogP contribution is 2.43. The Kier molecular flexibility index (Phi) is 5.01. The van der Waals surface area contributed by atoms with Crippen LogP contribution in [0.5, 0.6) is 5.75 Å². The van der Waals surface area contributed by atoms with Gasteiger partial charge in [0.05, 0.1) is 5.69 Å². The molecule has 9 heteroatoms. The highest BCUT2D eigenvalue weighted by atomic mass is 16.5. The van der Waals surface area contributed by atoms with Gasteiger partial charge in [0, 0.05) is 11.1 Å². The van der Waals surface area contributed by atoms with Gasteiger partial charge >= 0.3 is 0 Å². The average molecular weight is 374 g/mol. The van der Waals surface area contributed by atoms with E-state index in [1.807, 2.05) is 37.4 Å². The molecule has 0 fully saturated rings. The molecule has 1 aliphatic heterocycles. The van der Waals surface area contributed by atoms with E-state index in [2.05, 4.69) is 27.2 Å². The van der Waals surface area contributed by atoms with Gasteiger partial charge in [0.15, 0.2) is 6.19 Å². The molecule has 1 atom stereocenters. The van der Waals surface area contributed by atoms with Crippen LogP contribution in [0.25, 0.3) is 0 Å². The van der Waals surface area contributed by atoms with Crippen molar-refractivity contribution in [1.29, 1.82) is 10.5 Å². The minimum absolute atomic E-state index is 0.00461. The van der Waals surface area contributed by atoms with E-state index >= 15 is 0 Å². The van der Waals surface area contributed by atoms with Crippen LogP contribution in [0.15, 0.2) is 41.4 Å². The van der Waals surface area contributed by atoms with E-state index in [-0.39, 0.29) is 23.0 Å². The number of guanidine groups is 1. The van der Waals surface area contributed by atoms with Crippen LogP contribution in [0.1, 0.15) is 29.7 Å². The maximum absolute atomic E-state index is 9.40. The molecule has 0 bridgehead atoms. The first kappa shape index (κ1) is 18.5. The zero-order valence-corrected chi connectivity index (χ0v) is 15.2. The number of nitriles is 2. The highest BCUT2D eigenvalue weighted by Gasteiger charge is 2.31. The molecular weight excluding hydrogens is 356 g/mol. The van der Waals surface area contributed by atoms with E-state index in [0.29, 0.717) is 29.3 Å². The van der Waals surface area contributed by atoms with Crippen LogP contribution < -0.4 is 26.8 Å². The quantitative estimate of drug-likeness (QED) is 0.359. The third kappa shape index (κ3) is 3.37. The molecule has 6 N–H and O–H groups in total. The number of aliphatic imine (C=N–C) groups is 1. The molecule has 0 spiro atoms. The summed E-state index contributed by atoms with van der Waals surface area (Å²) in [6.45, 7) is 6.04. The molecule has 3 rings (SSSR count). The number of benzene rings is 1. The summed E-state index contributed by atoms with van der Waals surface area (Å²) in [6, 6.07) is 8.63. The molecule has 9 nitrogen and oxygen atoms in total. The summed E-state index contributed by atoms with van der Waals surface area (Å²) in [5.41, 5.74) is 14.4. The van der Waals surface area contributed by atoms with Gasteiger partial charge in [-0.15, -0.1) is 0 Å². The van der Waals surface area contributed by atoms with Crippen molar-refractivity contribution in [3.8, 4) is 18.0 Å². The molecule has 1 unspecified atom stereocenters. The Bertz CT molecular complexity index is 1060. The van der Waals surface area contributed by atoms with Crippen molar-refractivity contribution in [3.63, 3.8) is 0 Å². The number of pyridine rings is 1. The maximum Gasteiger partial charge on any atom is 0.211 e. The third-order valence-corrected chi connectivity index (χ3v) is 4.05. The fourth-order valence-electron chi connectivity index (χ4n) is 2.84. The van der Waals surface area contributed by atoms with Gasteiger partial charge in [-0.25, -0.2) is 9.98 Å². The fourth-order valence-corrected chi connectivity index (χ4v) is 2.84. The topological polar surface area (TPSA) is 158 Å². The lowest BCUT2D eigenvalue weighted by molar-refractivity contribution is 0.347. The van der Waals surface area contributed by atoms with Crippen LogP contribution in [0.3, 0.4) is 0 Å². The molecule has 0 saturated carbocycles. The summed E-state index contributed by atoms with van der Waals surface area (Å²) >= 11 is 0. The first-order valence-electron chi connectivity index (χ1n) is 8.31. The average Bonchev–Trinajstić information content (AvgIpc) is 2.66. The van der Waals surface area contributed by atoms with Crippen LogP contribution in [-0.4, -0.2) is 17.6 Å². The molecule has 28 heavy (non-hydrogen) atoms. The second kappa shape index (κ2) is 7.56. The lowest BCUT2D eigenvalue weighted by atomic mass is 9.94. The van der Waals surface area contributed by atoms with Crippen molar-refractivity contribution in [2.75, 3.05) is 23.4 Å². The van der Waals surface area contributed by atoms with Gasteiger partial charge in [0.25, 0.3) is 0 Å². The Morgan fingerprint density at radius 2 is 2.11 bits per heavy atom. The van der Waals surface area contributed by atoms with Crippen LogP contribution in [0, 0.1) is 22.8 Å². The van der Waals surface area contributed by atoms with Crippen molar-refractivity contribution in [1.82, 2.24) is 10.3 Å². The minimum atomic E-state index is -0.659. The summed E-state index contributed by atoms with van der Waals surface area (Å²) in [5.74, 6) is 1.08. The molecule has 0 radical (unpaired) electrons. The third-order valence-electron chi connectivity index (χ3n) is 4.05. The predicted molar refractivity (Wildman–Crippen MR) is 106 cm³/mol. The van der Waals surface area contributed by atoms with Crippen LogP contribution in [0.2, 0.25) is 0 Å². The largest absolute Gasteiger partial charge is 0.489 e. The molecule has 2 aromatic rings. The zero-order chi connectivity index (χ0) is 20.3. The number of nitrogens with zero attached hydrogens (tertiary/aromatic N) is 4. The van der Waals surface area contributed by atoms with Crippen molar-refractivity contribution >= 4 is 23.3 Å². The zero-order valence-electron chi connectivity index (χ0n) is 15.2. The summed E-state index contributed by atoms with van der Waals surface area (Å²) < 4.78 is 5.86. The molecule has 0 saturated heterocycles. The molecule has 1 aliphatic rings. The number of anilines is 3. The SMILES string of the molecule is C=C(C)COc1ccccc1C1N=C(NC#N)Nc2nc(N)c(C#N)c(N)c21. The molecule has 1 aromatic heterocycles. The summed E-state index contributed by atoms with van der Waals surface area (Å²) in [4.78, 5) is 8.77. The van der Waals surface area contributed by atoms with Gasteiger partial charge in [-0.3, -0.25) is 5.32 Å². The molecular formula is C19H18N8O. The minimum Gasteiger partial charge on any atom is -0.489 e. The van der Waals surface area contributed by atoms with E-state index in [9.17, 15) is 5.26 Å². The summed E-state index contributed by atoms with van der Waals surface area (Å²) in [7, 11) is 0. The van der Waals surface area contributed by atoms with Crippen molar-refractivity contribution in [2.45, 2.75) is 13.0 Å². The summed E-state index contributed by atoms with van der Waals surface area (Å²) in [6.07, 6.45) is 1.82. The van der Waals surface area contributed by atoms with Crippen molar-refractivity contribution in [2.24, 2.45) is 4.99 Å². The number of nitrogen functional groups attached to an aromatic ring is 2. The van der Waals surface area contributed by atoms with Gasteiger partial charge in [0.1, 0.15) is 41.7 Å². The number of fused-ring (bicyclic) bond motifs is 1. The van der Waals surface area contributed by atoms with Gasteiger partial charge in [-0.1, -0.05) is 24.8 Å². The first-order valence-corrected chi connectivity index (χ1v) is 8.31. The monoisotopic (exact) mass is 374 g/mol. The second-order valence-corrected chi connectivity index (χ2v) is 6.19. The van der Waals surface area contributed by atoms with Gasteiger partial charge in [-0.05, 0) is 18.6 Å². The smallest absolute Gasteiger partial charge is 0.211 e. The van der Waals surface area contributed by atoms with E-state index < -0.39 is 6.04 Å². The Morgan fingerprint density at radius 3 is 2.79 bits per heavy atom. The normalized spacial score (nSPS) is 14.5. The Hall–Kier alpha value is -4.24. The van der Waals surface area contributed by atoms with Gasteiger partial charge in [0.2, 0.25) is 5.96 Å². The predicted octanol–water partition coefficient (Wildman–Crippen LogP) is 2.01. The maximum atomic E-state index is 9.40. The standard InChI is InChI=1S/C19H18N8O/c1-10(2)8-28-13-6-4-3-5-11(13)16-14-15(22)12(7-20)17(23)26-18(14)27-19(25-16)24-9-21/h3-6,16H,1,8H2,2H3,(H6,22,23,24,25,26,27). The Morgan fingerprint density at radius 1 is 1.36 bits per heavy atom. The van der Waals surface area contributed by atoms with E-state index in [1.54, 1.807) is 6.07 Å². The van der Waals surface area contributed by atoms with E-state index in [4.69, 9.17) is 21.5 Å². The van der Waals surface area contributed by atoms with Crippen LogP contribution >= 0.6 is 0 Å². The molecule has 2 heterocycles. The number of nitrogens with two attached hydrogens (primary N) is 2. The number of nitrogens with one attached hydrogen (secondary N) is 2. The summed E-state index contributed by atoms with van der Waals surface area (Å²) in [5, 5.41) is 23.7. The highest BCUT2D eigenvalue weighted by molar-refractivity contribution is 5.98. The number of para-hydroxylation sites is 1. The number of hydrogen-bond donors (Lipinski definition) is 4. The molecule has 0 amide bonds. The number of ether oxygens (including phenoxy) is 1. The lowest BCUT2D eigenvalue weighted by Gasteiger charge is -2.27. The van der Waals surface area contributed by atoms with Crippen LogP contribution in [-0.2, 0) is 0 Å². The van der Waals surface area contributed by atoms with E-state index in [1.165, 1.54) is 0 Å². The number of aromatic nitrogens is 1. The van der Waals surface area contributed by atoms with Gasteiger partial charge in [-0.2, -0.15) is 10.5 Å². The molecule has 1 aromatic carbocycles. The second-order valence-electron chi connectivity index (χ2n) is 6.19. The van der Waals surface area contributed by atoms with Crippen molar-refractivity contribution in [3.05, 3.63) is 53.1 Å². The van der Waals surface area contributed by atoms with E-state index in [0.717, 1.165) is 5.57 Å². The fraction of sp³-hybridized carbons (Fsp3) is 0.158. The first-order chi connectivity index (χ1) is 13.5. The molecule has 140 valence electrons. The molecule has 0 aliphatic carbocycles. The Labute approximate surface area is 162 Å². The van der Waals surface area contributed by atoms with Crippen LogP contribution in [0.4, 0.5) is 17.3 Å². The Balaban J connectivity index is 2.20. The van der Waals surface area contributed by atoms with Gasteiger partial charge < -0.3 is 21.5 Å². The number of rotatable bonds is 4.